The Morgan fingerprint density at radius 3 is 2.65 bits per heavy atom. The molecule has 0 aliphatic rings. The van der Waals surface area contributed by atoms with Crippen molar-refractivity contribution in [2.24, 2.45) is 0 Å². The number of nitrogen functional groups attached to an aromatic ring is 1. The van der Waals surface area contributed by atoms with Crippen molar-refractivity contribution in [2.75, 3.05) is 5.73 Å². The molecular weight excluding hydrogens is 390 g/mol. The van der Waals surface area contributed by atoms with Gasteiger partial charge in [-0.25, -0.2) is 15.0 Å². The minimum atomic E-state index is -0.389. The summed E-state index contributed by atoms with van der Waals surface area (Å²) in [6.07, 6.45) is 3.04. The number of carbonyl (C=O) groups excluding carboxylic acids is 1. The van der Waals surface area contributed by atoms with Crippen LogP contribution in [0.2, 0.25) is 0 Å². The number of carbonyl (C=O) groups is 1. The van der Waals surface area contributed by atoms with E-state index < -0.39 is 0 Å². The fourth-order valence-electron chi connectivity index (χ4n) is 3.78. The first-order valence-corrected chi connectivity index (χ1v) is 9.91. The van der Waals surface area contributed by atoms with Gasteiger partial charge in [0.15, 0.2) is 11.5 Å². The number of nitrogens with zero attached hydrogens (tertiary/aromatic N) is 4. The summed E-state index contributed by atoms with van der Waals surface area (Å²) in [4.78, 5) is 24.3. The number of ether oxygens (including phenoxy) is 1. The van der Waals surface area contributed by atoms with Crippen molar-refractivity contribution >= 4 is 29.0 Å². The van der Waals surface area contributed by atoms with Crippen LogP contribution in [-0.4, -0.2) is 26.0 Å². The maximum absolute atomic E-state index is 11.6. The first kappa shape index (κ1) is 20.3. The van der Waals surface area contributed by atoms with Crippen LogP contribution in [0.25, 0.3) is 16.7 Å². The van der Waals surface area contributed by atoms with Crippen LogP contribution in [0.5, 0.6) is 0 Å². The average molecular weight is 413 g/mol. The molecule has 7 heteroatoms. The Labute approximate surface area is 180 Å². The quantitative estimate of drug-likeness (QED) is 0.376. The van der Waals surface area contributed by atoms with Gasteiger partial charge in [0.2, 0.25) is 0 Å². The number of aromatic nitrogens is 4. The van der Waals surface area contributed by atoms with Gasteiger partial charge in [-0.3, -0.25) is 4.79 Å². The van der Waals surface area contributed by atoms with Gasteiger partial charge in [0, 0.05) is 5.57 Å². The summed E-state index contributed by atoms with van der Waals surface area (Å²) < 4.78 is 7.48. The Kier molecular flexibility index (Phi) is 5.49. The zero-order valence-electron chi connectivity index (χ0n) is 17.6. The SMILES string of the molecule is Cc1cccc(/C(=C(/OC=O)C(C)n2cnc3c(N)ncnc32)c2ccccc2C)c1. The lowest BCUT2D eigenvalue weighted by Crippen LogP contribution is -2.13. The van der Waals surface area contributed by atoms with Gasteiger partial charge in [-0.15, -0.1) is 0 Å². The number of anilines is 1. The van der Waals surface area contributed by atoms with Gasteiger partial charge in [-0.05, 0) is 37.5 Å². The third-order valence-electron chi connectivity index (χ3n) is 5.33. The molecule has 0 saturated heterocycles. The Morgan fingerprint density at radius 2 is 1.90 bits per heavy atom. The number of hydrogen-bond acceptors (Lipinski definition) is 6. The first-order valence-electron chi connectivity index (χ1n) is 9.91. The third kappa shape index (κ3) is 3.77. The van der Waals surface area contributed by atoms with E-state index in [-0.39, 0.29) is 6.04 Å². The van der Waals surface area contributed by atoms with Crippen molar-refractivity contribution < 1.29 is 9.53 Å². The highest BCUT2D eigenvalue weighted by molar-refractivity contribution is 5.85. The molecule has 0 saturated carbocycles. The third-order valence-corrected chi connectivity index (χ3v) is 5.33. The Balaban J connectivity index is 2.01. The van der Waals surface area contributed by atoms with Crippen LogP contribution in [0.4, 0.5) is 5.82 Å². The van der Waals surface area contributed by atoms with E-state index in [9.17, 15) is 4.79 Å². The summed E-state index contributed by atoms with van der Waals surface area (Å²) in [5, 5.41) is 0. The van der Waals surface area contributed by atoms with Crippen LogP contribution in [-0.2, 0) is 9.53 Å². The van der Waals surface area contributed by atoms with Crippen LogP contribution in [0.15, 0.2) is 66.9 Å². The normalized spacial score (nSPS) is 13.0. The molecule has 0 fully saturated rings. The van der Waals surface area contributed by atoms with E-state index in [1.807, 2.05) is 67.8 Å². The molecule has 0 amide bonds. The number of nitrogens with two attached hydrogens (primary N) is 1. The van der Waals surface area contributed by atoms with Crippen LogP contribution in [0, 0.1) is 13.8 Å². The summed E-state index contributed by atoms with van der Waals surface area (Å²) in [5.41, 5.74) is 12.0. The molecule has 2 aromatic heterocycles. The van der Waals surface area contributed by atoms with Crippen molar-refractivity contribution in [3.05, 3.63) is 89.2 Å². The average Bonchev–Trinajstić information content (AvgIpc) is 3.20. The molecule has 0 spiro atoms. The zero-order valence-corrected chi connectivity index (χ0v) is 17.6. The highest BCUT2D eigenvalue weighted by atomic mass is 16.5. The zero-order chi connectivity index (χ0) is 22.0. The number of imidazole rings is 1. The number of hydrogen-bond donors (Lipinski definition) is 1. The molecule has 0 aliphatic heterocycles. The van der Waals surface area contributed by atoms with Crippen LogP contribution < -0.4 is 5.73 Å². The fraction of sp³-hybridized carbons (Fsp3) is 0.167. The van der Waals surface area contributed by atoms with Gasteiger partial charge in [0.25, 0.3) is 6.47 Å². The molecule has 156 valence electrons. The highest BCUT2D eigenvalue weighted by Crippen LogP contribution is 2.36. The Morgan fingerprint density at radius 1 is 1.10 bits per heavy atom. The van der Waals surface area contributed by atoms with E-state index >= 15 is 0 Å². The maximum Gasteiger partial charge on any atom is 0.298 e. The summed E-state index contributed by atoms with van der Waals surface area (Å²) in [6.45, 7) is 6.47. The lowest BCUT2D eigenvalue weighted by atomic mass is 9.91. The van der Waals surface area contributed by atoms with E-state index in [0.717, 1.165) is 27.8 Å². The molecule has 0 radical (unpaired) electrons. The topological polar surface area (TPSA) is 95.9 Å². The lowest BCUT2D eigenvalue weighted by Gasteiger charge is -2.22. The van der Waals surface area contributed by atoms with Gasteiger partial charge in [0.1, 0.15) is 17.6 Å². The van der Waals surface area contributed by atoms with Crippen molar-refractivity contribution in [1.82, 2.24) is 19.5 Å². The van der Waals surface area contributed by atoms with Crippen LogP contribution in [0.3, 0.4) is 0 Å². The summed E-state index contributed by atoms with van der Waals surface area (Å²) in [6, 6.07) is 15.8. The maximum atomic E-state index is 11.6. The molecule has 1 unspecified atom stereocenters. The van der Waals surface area contributed by atoms with E-state index in [2.05, 4.69) is 21.0 Å². The van der Waals surface area contributed by atoms with E-state index in [1.54, 1.807) is 6.33 Å². The van der Waals surface area contributed by atoms with Crippen molar-refractivity contribution in [3.63, 3.8) is 0 Å². The van der Waals surface area contributed by atoms with Gasteiger partial charge in [-0.2, -0.15) is 0 Å². The second-order valence-electron chi connectivity index (χ2n) is 7.40. The molecule has 2 N–H and O–H groups in total. The monoisotopic (exact) mass is 413 g/mol. The summed E-state index contributed by atoms with van der Waals surface area (Å²) in [5.74, 6) is 0.794. The highest BCUT2D eigenvalue weighted by Gasteiger charge is 2.24. The molecule has 0 bridgehead atoms. The van der Waals surface area contributed by atoms with Crippen molar-refractivity contribution in [2.45, 2.75) is 26.8 Å². The number of rotatable bonds is 6. The van der Waals surface area contributed by atoms with Gasteiger partial charge < -0.3 is 15.0 Å². The fourth-order valence-corrected chi connectivity index (χ4v) is 3.78. The van der Waals surface area contributed by atoms with Crippen LogP contribution >= 0.6 is 0 Å². The smallest absolute Gasteiger partial charge is 0.298 e. The van der Waals surface area contributed by atoms with Gasteiger partial charge >= 0.3 is 0 Å². The lowest BCUT2D eigenvalue weighted by molar-refractivity contribution is -0.125. The molecule has 4 aromatic rings. The predicted octanol–water partition coefficient (Wildman–Crippen LogP) is 4.22. The van der Waals surface area contributed by atoms with Gasteiger partial charge in [-0.1, -0.05) is 54.1 Å². The number of allylic oxidation sites excluding steroid dienone is 1. The Bertz CT molecular complexity index is 1290. The van der Waals surface area contributed by atoms with Crippen LogP contribution in [0.1, 0.15) is 35.2 Å². The molecule has 2 aromatic carbocycles. The standard InChI is InChI=1S/C24H23N5O2/c1-15-7-6-9-18(11-15)20(19-10-5-4-8-16(19)2)22(31-14-30)17(3)29-13-28-21-23(25)26-12-27-24(21)29/h4-14,17H,1-3H3,(H2,25,26,27)/b22-20-. The summed E-state index contributed by atoms with van der Waals surface area (Å²) in [7, 11) is 0. The number of fused-ring (bicyclic) bond motifs is 1. The van der Waals surface area contributed by atoms with Crippen molar-refractivity contribution in [3.8, 4) is 0 Å². The second-order valence-corrected chi connectivity index (χ2v) is 7.40. The molecule has 4 rings (SSSR count). The molecular formula is C24H23N5O2. The largest absolute Gasteiger partial charge is 0.430 e. The van der Waals surface area contributed by atoms with E-state index in [1.165, 1.54) is 6.33 Å². The molecule has 31 heavy (non-hydrogen) atoms. The van der Waals surface area contributed by atoms with E-state index in [0.29, 0.717) is 29.2 Å². The Hall–Kier alpha value is -4.00. The first-order chi connectivity index (χ1) is 15.0. The molecule has 2 heterocycles. The molecule has 1 atom stereocenters. The minimum absolute atomic E-state index is 0.301. The second kappa shape index (κ2) is 8.39. The molecule has 0 aliphatic carbocycles. The molecule has 7 nitrogen and oxygen atoms in total. The van der Waals surface area contributed by atoms with Crippen molar-refractivity contribution in [1.29, 1.82) is 0 Å². The number of aryl methyl sites for hydroxylation is 2. The van der Waals surface area contributed by atoms with Gasteiger partial charge in [0.05, 0.1) is 12.4 Å². The predicted molar refractivity (Wildman–Crippen MR) is 120 cm³/mol. The minimum Gasteiger partial charge on any atom is -0.430 e. The van der Waals surface area contributed by atoms with E-state index in [4.69, 9.17) is 10.5 Å². The summed E-state index contributed by atoms with van der Waals surface area (Å²) >= 11 is 0. The number of benzene rings is 2.